The summed E-state index contributed by atoms with van der Waals surface area (Å²) in [6.45, 7) is 0. The topological polar surface area (TPSA) is 63.3 Å². The Morgan fingerprint density at radius 2 is 2.17 bits per heavy atom. The summed E-state index contributed by atoms with van der Waals surface area (Å²) in [5.41, 5.74) is 4.78. The lowest BCUT2D eigenvalue weighted by molar-refractivity contribution is 0.0997. The first-order valence-electron chi connectivity index (χ1n) is 3.01. The maximum atomic E-state index is 12.7. The Bertz CT molecular complexity index is 340. The highest BCUT2D eigenvalue weighted by Gasteiger charge is 2.13. The first kappa shape index (κ1) is 8.99. The van der Waals surface area contributed by atoms with Crippen LogP contribution in [0.4, 0.5) is 4.39 Å². The molecule has 0 bridgehead atoms. The van der Waals surface area contributed by atoms with Gasteiger partial charge in [0.15, 0.2) is 0 Å². The molecule has 12 heavy (non-hydrogen) atoms. The Morgan fingerprint density at radius 1 is 1.58 bits per heavy atom. The zero-order valence-corrected chi connectivity index (χ0v) is 7.43. The van der Waals surface area contributed by atoms with Gasteiger partial charge in [-0.2, -0.15) is 0 Å². The number of amides is 1. The number of rotatable bonds is 1. The largest absolute Gasteiger partial charge is 0.506 e. The molecular weight excluding hydrogens is 229 g/mol. The van der Waals surface area contributed by atoms with Crippen LogP contribution < -0.4 is 5.73 Å². The van der Waals surface area contributed by atoms with Crippen molar-refractivity contribution in [3.05, 3.63) is 28.0 Å². The second-order valence-electron chi connectivity index (χ2n) is 2.12. The van der Waals surface area contributed by atoms with E-state index in [1.165, 1.54) is 0 Å². The lowest BCUT2D eigenvalue weighted by Crippen LogP contribution is -2.11. The van der Waals surface area contributed by atoms with Crippen LogP contribution in [0.5, 0.6) is 5.75 Å². The van der Waals surface area contributed by atoms with Gasteiger partial charge < -0.3 is 10.8 Å². The second-order valence-corrected chi connectivity index (χ2v) is 2.91. The van der Waals surface area contributed by atoms with Crippen molar-refractivity contribution in [3.63, 3.8) is 0 Å². The van der Waals surface area contributed by atoms with E-state index in [9.17, 15) is 9.18 Å². The number of phenols is 1. The molecule has 0 radical (unpaired) electrons. The third-order valence-electron chi connectivity index (χ3n) is 1.33. The predicted octanol–water partition coefficient (Wildman–Crippen LogP) is 1.39. The number of aromatic hydroxyl groups is 1. The monoisotopic (exact) mass is 233 g/mol. The summed E-state index contributed by atoms with van der Waals surface area (Å²) in [5, 5.41) is 9.16. The highest BCUT2D eigenvalue weighted by molar-refractivity contribution is 9.10. The Balaban J connectivity index is 3.36. The molecule has 0 fully saturated rings. The van der Waals surface area contributed by atoms with Crippen molar-refractivity contribution in [2.75, 3.05) is 0 Å². The van der Waals surface area contributed by atoms with Crippen molar-refractivity contribution in [2.24, 2.45) is 5.73 Å². The van der Waals surface area contributed by atoms with Gasteiger partial charge in [0, 0.05) is 0 Å². The first-order chi connectivity index (χ1) is 5.54. The maximum absolute atomic E-state index is 12.7. The molecule has 1 aromatic rings. The summed E-state index contributed by atoms with van der Waals surface area (Å²) in [6.07, 6.45) is 0. The Morgan fingerprint density at radius 3 is 2.67 bits per heavy atom. The molecular formula is C7H5BrFNO2. The number of hydrogen-bond acceptors (Lipinski definition) is 2. The van der Waals surface area contributed by atoms with Crippen LogP contribution in [-0.4, -0.2) is 11.0 Å². The summed E-state index contributed by atoms with van der Waals surface area (Å²) in [5.74, 6) is -1.91. The molecule has 64 valence electrons. The quantitative estimate of drug-likeness (QED) is 0.771. The van der Waals surface area contributed by atoms with E-state index >= 15 is 0 Å². The van der Waals surface area contributed by atoms with Crippen LogP contribution in [0.1, 0.15) is 10.4 Å². The van der Waals surface area contributed by atoms with Crippen LogP contribution in [0.3, 0.4) is 0 Å². The van der Waals surface area contributed by atoms with Crippen LogP contribution in [0.2, 0.25) is 0 Å². The zero-order chi connectivity index (χ0) is 9.30. The van der Waals surface area contributed by atoms with E-state index < -0.39 is 17.5 Å². The van der Waals surface area contributed by atoms with Crippen LogP contribution >= 0.6 is 15.9 Å². The van der Waals surface area contributed by atoms with E-state index in [0.717, 1.165) is 12.1 Å². The number of primary amides is 1. The number of benzene rings is 1. The smallest absolute Gasteiger partial charge is 0.252 e. The number of carbonyl (C=O) groups excluding carboxylic acids is 1. The van der Waals surface area contributed by atoms with E-state index in [0.29, 0.717) is 0 Å². The molecule has 0 atom stereocenters. The highest BCUT2D eigenvalue weighted by Crippen LogP contribution is 2.29. The highest BCUT2D eigenvalue weighted by atomic mass is 79.9. The summed E-state index contributed by atoms with van der Waals surface area (Å²) in [4.78, 5) is 10.6. The van der Waals surface area contributed by atoms with E-state index in [1.807, 2.05) is 0 Å². The van der Waals surface area contributed by atoms with Gasteiger partial charge in [0.2, 0.25) is 0 Å². The SMILES string of the molecule is NC(=O)c1ccc(F)c(Br)c1O. The molecule has 0 aliphatic carbocycles. The number of carbonyl (C=O) groups is 1. The molecule has 0 aliphatic heterocycles. The fourth-order valence-electron chi connectivity index (χ4n) is 0.739. The zero-order valence-electron chi connectivity index (χ0n) is 5.84. The van der Waals surface area contributed by atoms with Crippen LogP contribution in [0.15, 0.2) is 16.6 Å². The Kier molecular flexibility index (Phi) is 2.32. The summed E-state index contributed by atoms with van der Waals surface area (Å²) < 4.78 is 12.5. The van der Waals surface area contributed by atoms with Gasteiger partial charge in [0.25, 0.3) is 5.91 Å². The van der Waals surface area contributed by atoms with Gasteiger partial charge in [0.1, 0.15) is 11.6 Å². The molecule has 3 N–H and O–H groups in total. The van der Waals surface area contributed by atoms with Crippen molar-refractivity contribution in [2.45, 2.75) is 0 Å². The average molecular weight is 234 g/mol. The number of nitrogens with two attached hydrogens (primary N) is 1. The van der Waals surface area contributed by atoms with E-state index in [2.05, 4.69) is 15.9 Å². The predicted molar refractivity (Wildman–Crippen MR) is 44.3 cm³/mol. The van der Waals surface area contributed by atoms with Crippen LogP contribution in [0.25, 0.3) is 0 Å². The lowest BCUT2D eigenvalue weighted by atomic mass is 10.2. The molecule has 0 aromatic heterocycles. The molecule has 1 aromatic carbocycles. The second kappa shape index (κ2) is 3.10. The summed E-state index contributed by atoms with van der Waals surface area (Å²) in [7, 11) is 0. The van der Waals surface area contributed by atoms with E-state index in [4.69, 9.17) is 10.8 Å². The van der Waals surface area contributed by atoms with Crippen molar-refractivity contribution in [1.29, 1.82) is 0 Å². The number of halogens is 2. The van der Waals surface area contributed by atoms with E-state index in [-0.39, 0.29) is 10.0 Å². The summed E-state index contributed by atoms with van der Waals surface area (Å²) >= 11 is 2.77. The van der Waals surface area contributed by atoms with Gasteiger partial charge in [-0.1, -0.05) is 0 Å². The van der Waals surface area contributed by atoms with Gasteiger partial charge in [-0.05, 0) is 28.1 Å². The minimum atomic E-state index is -0.798. The minimum absolute atomic E-state index is 0.108. The molecule has 1 amide bonds. The molecule has 0 spiro atoms. The van der Waals surface area contributed by atoms with Crippen LogP contribution in [0, 0.1) is 5.82 Å². The lowest BCUT2D eigenvalue weighted by Gasteiger charge is -2.02. The van der Waals surface area contributed by atoms with Crippen molar-refractivity contribution in [1.82, 2.24) is 0 Å². The molecule has 0 saturated heterocycles. The molecule has 0 aliphatic rings. The standard InChI is InChI=1S/C7H5BrFNO2/c8-5-4(9)2-1-3(6(5)11)7(10)12/h1-2,11H,(H2,10,12). The van der Waals surface area contributed by atoms with Crippen molar-refractivity contribution in [3.8, 4) is 5.75 Å². The van der Waals surface area contributed by atoms with Gasteiger partial charge in [-0.3, -0.25) is 4.79 Å². The van der Waals surface area contributed by atoms with Crippen molar-refractivity contribution >= 4 is 21.8 Å². The van der Waals surface area contributed by atoms with E-state index in [1.54, 1.807) is 0 Å². The van der Waals surface area contributed by atoms with Gasteiger partial charge in [0.05, 0.1) is 10.0 Å². The number of hydrogen-bond donors (Lipinski definition) is 2. The van der Waals surface area contributed by atoms with Crippen LogP contribution in [-0.2, 0) is 0 Å². The fourth-order valence-corrected chi connectivity index (χ4v) is 1.08. The molecule has 0 saturated carbocycles. The Labute approximate surface area is 76.1 Å². The van der Waals surface area contributed by atoms with Gasteiger partial charge >= 0.3 is 0 Å². The fraction of sp³-hybridized carbons (Fsp3) is 0. The third-order valence-corrected chi connectivity index (χ3v) is 2.09. The summed E-state index contributed by atoms with van der Waals surface area (Å²) in [6, 6.07) is 2.17. The van der Waals surface area contributed by atoms with Gasteiger partial charge in [-0.15, -0.1) is 0 Å². The molecule has 0 heterocycles. The minimum Gasteiger partial charge on any atom is -0.506 e. The molecule has 5 heteroatoms. The molecule has 0 unspecified atom stereocenters. The van der Waals surface area contributed by atoms with Crippen molar-refractivity contribution < 1.29 is 14.3 Å². The van der Waals surface area contributed by atoms with Gasteiger partial charge in [-0.25, -0.2) is 4.39 Å². The maximum Gasteiger partial charge on any atom is 0.252 e. The normalized spacial score (nSPS) is 9.83. The first-order valence-corrected chi connectivity index (χ1v) is 3.80. The Hall–Kier alpha value is -1.10. The average Bonchev–Trinajstić information content (AvgIpc) is 2.00. The molecule has 1 rings (SSSR count). The third kappa shape index (κ3) is 1.40. The molecule has 3 nitrogen and oxygen atoms in total.